The third-order valence-electron chi connectivity index (χ3n) is 7.76. The smallest absolute Gasteiger partial charge is 0.399 e. The summed E-state index contributed by atoms with van der Waals surface area (Å²) in [4.78, 5) is 11.8. The van der Waals surface area contributed by atoms with Crippen molar-refractivity contribution in [3.8, 4) is 0 Å². The van der Waals surface area contributed by atoms with Crippen molar-refractivity contribution in [1.29, 1.82) is 0 Å². The molecule has 2 aliphatic rings. The highest BCUT2D eigenvalue weighted by Crippen LogP contribution is 2.41. The van der Waals surface area contributed by atoms with Crippen LogP contribution in [0.1, 0.15) is 60.3 Å². The highest BCUT2D eigenvalue weighted by Gasteiger charge is 2.34. The van der Waals surface area contributed by atoms with Crippen molar-refractivity contribution >= 4 is 28.1 Å². The first-order chi connectivity index (χ1) is 18.0. The number of fused-ring (bicyclic) bond motifs is 3. The van der Waals surface area contributed by atoms with Gasteiger partial charge in [0.25, 0.3) is 0 Å². The summed E-state index contributed by atoms with van der Waals surface area (Å²) in [6.07, 6.45) is -0.355. The van der Waals surface area contributed by atoms with Gasteiger partial charge in [0.1, 0.15) is 11.6 Å². The lowest BCUT2D eigenvalue weighted by atomic mass is 9.91. The number of rotatable bonds is 6. The first kappa shape index (κ1) is 26.5. The minimum Gasteiger partial charge on any atom is -0.399 e. The van der Waals surface area contributed by atoms with Crippen LogP contribution in [0, 0.1) is 6.92 Å². The number of aryl methyl sites for hydroxylation is 2. The lowest BCUT2D eigenvalue weighted by Gasteiger charge is -2.39. The Labute approximate surface area is 220 Å². The maximum atomic E-state index is 13.4. The molecule has 10 heteroatoms. The summed E-state index contributed by atoms with van der Waals surface area (Å²) in [5.74, 6) is 1.18. The summed E-state index contributed by atoms with van der Waals surface area (Å²) in [5, 5.41) is 15.0. The fourth-order valence-electron chi connectivity index (χ4n) is 5.81. The molecule has 0 radical (unpaired) electrons. The molecular weight excluding hydrogens is 495 g/mol. The van der Waals surface area contributed by atoms with Gasteiger partial charge in [0.15, 0.2) is 0 Å². The number of hydrogen-bond donors (Lipinski definition) is 3. The number of nitrogens with one attached hydrogen (secondary N) is 1. The van der Waals surface area contributed by atoms with E-state index >= 15 is 0 Å². The zero-order valence-electron chi connectivity index (χ0n) is 22.0. The van der Waals surface area contributed by atoms with Gasteiger partial charge >= 0.3 is 6.18 Å². The second kappa shape index (κ2) is 9.89. The van der Waals surface area contributed by atoms with Crippen LogP contribution in [-0.4, -0.2) is 47.5 Å². The molecule has 1 aliphatic heterocycles. The van der Waals surface area contributed by atoms with Gasteiger partial charge in [-0.15, -0.1) is 0 Å². The molecule has 1 unspecified atom stereocenters. The topological polar surface area (TPSA) is 96.5 Å². The van der Waals surface area contributed by atoms with Crippen LogP contribution in [0.15, 0.2) is 24.3 Å². The fourth-order valence-corrected chi connectivity index (χ4v) is 5.81. The van der Waals surface area contributed by atoms with Gasteiger partial charge in [0.05, 0.1) is 29.3 Å². The molecule has 38 heavy (non-hydrogen) atoms. The average Bonchev–Trinajstić information content (AvgIpc) is 3.34. The monoisotopic (exact) mass is 529 g/mol. The molecule has 0 saturated carbocycles. The highest BCUT2D eigenvalue weighted by molar-refractivity contribution is 5.96. The number of aliphatic hydroxyl groups is 1. The number of anilines is 3. The van der Waals surface area contributed by atoms with Crippen LogP contribution in [0.5, 0.6) is 0 Å². The quantitative estimate of drug-likeness (QED) is 0.379. The average molecular weight is 530 g/mol. The van der Waals surface area contributed by atoms with Gasteiger partial charge in [0, 0.05) is 37.0 Å². The predicted molar refractivity (Wildman–Crippen MR) is 142 cm³/mol. The third kappa shape index (κ3) is 5.11. The van der Waals surface area contributed by atoms with Crippen LogP contribution in [0.3, 0.4) is 0 Å². The summed E-state index contributed by atoms with van der Waals surface area (Å²) in [6, 6.07) is 5.26. The second-order valence-electron chi connectivity index (χ2n) is 10.6. The Morgan fingerprint density at radius 2 is 1.84 bits per heavy atom. The summed E-state index contributed by atoms with van der Waals surface area (Å²) in [7, 11) is 1.60. The standard InChI is InChI=1S/C28H34F3N5O2/c1-16(18-11-19(28(29,30)31)13-20(32)12-18)33-26-23-14-24(36-9-7-27(37,8-10-36)15-38-3)21-5-4-6-22(21)25(23)34-17(2)35-26/h11-14,16,37H,4-10,15,32H2,1-3H3,(H,33,34,35). The van der Waals surface area contributed by atoms with Crippen molar-refractivity contribution in [3.63, 3.8) is 0 Å². The maximum Gasteiger partial charge on any atom is 0.416 e. The van der Waals surface area contributed by atoms with E-state index in [0.717, 1.165) is 48.0 Å². The Hall–Kier alpha value is -3.11. The Bertz CT molecular complexity index is 1350. The normalized spacial score (nSPS) is 18.0. The van der Waals surface area contributed by atoms with Gasteiger partial charge in [-0.3, -0.25) is 0 Å². The highest BCUT2D eigenvalue weighted by atomic mass is 19.4. The number of halogens is 3. The van der Waals surface area contributed by atoms with Crippen molar-refractivity contribution < 1.29 is 23.0 Å². The molecule has 7 nitrogen and oxygen atoms in total. The van der Waals surface area contributed by atoms with E-state index in [-0.39, 0.29) is 5.69 Å². The minimum absolute atomic E-state index is 0.0610. The van der Waals surface area contributed by atoms with Crippen LogP contribution in [-0.2, 0) is 23.8 Å². The van der Waals surface area contributed by atoms with Crippen molar-refractivity contribution in [2.24, 2.45) is 0 Å². The van der Waals surface area contributed by atoms with E-state index in [9.17, 15) is 18.3 Å². The molecule has 1 aromatic heterocycles. The number of ether oxygens (including phenoxy) is 1. The molecule has 0 amide bonds. The Balaban J connectivity index is 1.53. The first-order valence-corrected chi connectivity index (χ1v) is 13.0. The molecule has 2 aromatic carbocycles. The van der Waals surface area contributed by atoms with Crippen LogP contribution >= 0.6 is 0 Å². The number of piperidine rings is 1. The minimum atomic E-state index is -4.48. The summed E-state index contributed by atoms with van der Waals surface area (Å²) in [5.41, 5.74) is 9.22. The molecule has 1 fully saturated rings. The van der Waals surface area contributed by atoms with Gasteiger partial charge in [0.2, 0.25) is 0 Å². The van der Waals surface area contributed by atoms with Crippen LogP contribution in [0.25, 0.3) is 10.9 Å². The molecule has 1 aliphatic carbocycles. The van der Waals surface area contributed by atoms with Crippen molar-refractivity contribution in [1.82, 2.24) is 9.97 Å². The maximum absolute atomic E-state index is 13.4. The molecule has 0 spiro atoms. The number of methoxy groups -OCH3 is 1. The molecule has 1 atom stereocenters. The van der Waals surface area contributed by atoms with Gasteiger partial charge in [-0.05, 0) is 86.9 Å². The van der Waals surface area contributed by atoms with Gasteiger partial charge in [-0.1, -0.05) is 0 Å². The lowest BCUT2D eigenvalue weighted by Crippen LogP contribution is -2.47. The van der Waals surface area contributed by atoms with E-state index in [1.807, 2.05) is 6.92 Å². The van der Waals surface area contributed by atoms with Crippen molar-refractivity contribution in [2.45, 2.75) is 63.8 Å². The number of nitrogens with zero attached hydrogens (tertiary/aromatic N) is 3. The molecule has 5 rings (SSSR count). The first-order valence-electron chi connectivity index (χ1n) is 13.0. The summed E-state index contributed by atoms with van der Waals surface area (Å²) in [6.45, 7) is 5.35. The molecule has 4 N–H and O–H groups in total. The van der Waals surface area contributed by atoms with Crippen LogP contribution in [0.4, 0.5) is 30.4 Å². The summed E-state index contributed by atoms with van der Waals surface area (Å²) >= 11 is 0. The molecule has 1 saturated heterocycles. The Kier molecular flexibility index (Phi) is 6.89. The van der Waals surface area contributed by atoms with E-state index < -0.39 is 23.4 Å². The molecular formula is C28H34F3N5O2. The van der Waals surface area contributed by atoms with Crippen molar-refractivity contribution in [2.75, 3.05) is 42.8 Å². The van der Waals surface area contributed by atoms with E-state index in [1.54, 1.807) is 20.1 Å². The fraction of sp³-hybridized carbons (Fsp3) is 0.500. The lowest BCUT2D eigenvalue weighted by molar-refractivity contribution is -0.137. The van der Waals surface area contributed by atoms with Crippen molar-refractivity contribution in [3.05, 3.63) is 52.3 Å². The second-order valence-corrected chi connectivity index (χ2v) is 10.6. The van der Waals surface area contributed by atoms with Crippen LogP contribution in [0.2, 0.25) is 0 Å². The molecule has 3 aromatic rings. The van der Waals surface area contributed by atoms with E-state index in [2.05, 4.69) is 21.3 Å². The zero-order chi connectivity index (χ0) is 27.2. The predicted octanol–water partition coefficient (Wildman–Crippen LogP) is 5.18. The SMILES string of the molecule is COCC1(O)CCN(c2cc3c(NC(C)c4cc(N)cc(C(F)(F)F)c4)nc(C)nc3c3c2CCC3)CC1. The number of aromatic nitrogens is 2. The zero-order valence-corrected chi connectivity index (χ0v) is 22.0. The number of hydrogen-bond acceptors (Lipinski definition) is 7. The third-order valence-corrected chi connectivity index (χ3v) is 7.76. The number of nitrogen functional groups attached to an aromatic ring is 1. The van der Waals surface area contributed by atoms with E-state index in [1.165, 1.54) is 11.1 Å². The number of nitrogens with two attached hydrogens (primary N) is 1. The largest absolute Gasteiger partial charge is 0.416 e. The molecule has 0 bridgehead atoms. The Morgan fingerprint density at radius 1 is 1.13 bits per heavy atom. The summed E-state index contributed by atoms with van der Waals surface area (Å²) < 4.78 is 45.5. The van der Waals surface area contributed by atoms with Gasteiger partial charge in [-0.25, -0.2) is 9.97 Å². The number of alkyl halides is 3. The van der Waals surface area contributed by atoms with Gasteiger partial charge < -0.3 is 25.8 Å². The Morgan fingerprint density at radius 3 is 2.53 bits per heavy atom. The van der Waals surface area contributed by atoms with Gasteiger partial charge in [-0.2, -0.15) is 13.2 Å². The van der Waals surface area contributed by atoms with E-state index in [4.69, 9.17) is 15.5 Å². The van der Waals surface area contributed by atoms with E-state index in [0.29, 0.717) is 49.7 Å². The van der Waals surface area contributed by atoms with Crippen LogP contribution < -0.4 is 16.0 Å². The molecule has 2 heterocycles. The number of benzene rings is 2. The molecule has 204 valence electrons.